The van der Waals surface area contributed by atoms with Gasteiger partial charge in [-0.3, -0.25) is 0 Å². The minimum Gasteiger partial charge on any atom is -0.550 e. The van der Waals surface area contributed by atoms with Gasteiger partial charge in [-0.15, -0.1) is 0 Å². The van der Waals surface area contributed by atoms with Crippen LogP contribution < -0.4 is 34.7 Å². The summed E-state index contributed by atoms with van der Waals surface area (Å²) in [4.78, 5) is 10.5. The van der Waals surface area contributed by atoms with Gasteiger partial charge in [0.25, 0.3) is 0 Å². The summed E-state index contributed by atoms with van der Waals surface area (Å²) in [5.74, 6) is -0.676. The van der Waals surface area contributed by atoms with Crippen LogP contribution in [0.15, 0.2) is 0 Å². The van der Waals surface area contributed by atoms with E-state index in [-0.39, 0.29) is 35.5 Å². The van der Waals surface area contributed by atoms with Crippen molar-refractivity contribution in [3.63, 3.8) is 0 Å². The molecule has 0 rings (SSSR count). The van der Waals surface area contributed by atoms with E-state index in [9.17, 15) is 9.90 Å². The summed E-state index contributed by atoms with van der Waals surface area (Å²) < 4.78 is 0. The molecule has 0 saturated heterocycles. The second-order valence-electron chi connectivity index (χ2n) is 3.43. The standard InChI is InChI=1S/C9H18O2.Na/c1-4-5-8(9(10)11)6-7(2)3;/h7-8H,4-6H2,1-3H3,(H,10,11);/q;+1/p-1. The average molecular weight is 180 g/mol. The molecule has 12 heavy (non-hydrogen) atoms. The minimum atomic E-state index is -0.888. The van der Waals surface area contributed by atoms with Gasteiger partial charge in [0.05, 0.1) is 0 Å². The van der Waals surface area contributed by atoms with Crippen LogP contribution in [0.2, 0.25) is 0 Å². The van der Waals surface area contributed by atoms with E-state index in [1.165, 1.54) is 0 Å². The topological polar surface area (TPSA) is 40.1 Å². The molecular weight excluding hydrogens is 163 g/mol. The van der Waals surface area contributed by atoms with E-state index in [1.54, 1.807) is 0 Å². The fourth-order valence-electron chi connectivity index (χ4n) is 1.25. The van der Waals surface area contributed by atoms with Gasteiger partial charge in [0.1, 0.15) is 0 Å². The van der Waals surface area contributed by atoms with Crippen molar-refractivity contribution in [1.29, 1.82) is 0 Å². The van der Waals surface area contributed by atoms with Crippen molar-refractivity contribution < 1.29 is 39.5 Å². The van der Waals surface area contributed by atoms with E-state index in [0.29, 0.717) is 5.92 Å². The molecule has 0 aromatic carbocycles. The first-order valence-corrected chi connectivity index (χ1v) is 4.28. The number of hydrogen-bond donors (Lipinski definition) is 0. The van der Waals surface area contributed by atoms with Crippen LogP contribution in [0.3, 0.4) is 0 Å². The normalized spacial score (nSPS) is 12.3. The van der Waals surface area contributed by atoms with E-state index in [1.807, 2.05) is 20.8 Å². The summed E-state index contributed by atoms with van der Waals surface area (Å²) in [5.41, 5.74) is 0. The van der Waals surface area contributed by atoms with Crippen LogP contribution in [-0.4, -0.2) is 5.97 Å². The summed E-state index contributed by atoms with van der Waals surface area (Å²) in [6, 6.07) is 0. The zero-order valence-corrected chi connectivity index (χ0v) is 10.6. The predicted octanol–water partition coefficient (Wildman–Crippen LogP) is -1.80. The largest absolute Gasteiger partial charge is 1.00 e. The van der Waals surface area contributed by atoms with E-state index in [0.717, 1.165) is 19.3 Å². The maximum Gasteiger partial charge on any atom is 1.00 e. The third kappa shape index (κ3) is 7.14. The number of rotatable bonds is 5. The molecule has 0 aliphatic carbocycles. The number of hydrogen-bond acceptors (Lipinski definition) is 2. The Balaban J connectivity index is 0. The zero-order valence-electron chi connectivity index (χ0n) is 8.59. The Kier molecular flexibility index (Phi) is 10.1. The van der Waals surface area contributed by atoms with Gasteiger partial charge in [-0.1, -0.05) is 27.2 Å². The van der Waals surface area contributed by atoms with E-state index in [4.69, 9.17) is 0 Å². The first-order valence-electron chi connectivity index (χ1n) is 4.28. The summed E-state index contributed by atoms with van der Waals surface area (Å²) >= 11 is 0. The third-order valence-electron chi connectivity index (χ3n) is 1.73. The van der Waals surface area contributed by atoms with Gasteiger partial charge in [-0.05, 0) is 24.7 Å². The molecule has 3 heteroatoms. The fraction of sp³-hybridized carbons (Fsp3) is 0.889. The Hall–Kier alpha value is 0.470. The number of carbonyl (C=O) groups is 1. The summed E-state index contributed by atoms with van der Waals surface area (Å²) in [5, 5.41) is 10.5. The molecule has 0 saturated carbocycles. The van der Waals surface area contributed by atoms with Gasteiger partial charge in [0.2, 0.25) is 0 Å². The van der Waals surface area contributed by atoms with Crippen molar-refractivity contribution in [1.82, 2.24) is 0 Å². The van der Waals surface area contributed by atoms with E-state index in [2.05, 4.69) is 0 Å². The van der Waals surface area contributed by atoms with Crippen molar-refractivity contribution in [3.8, 4) is 0 Å². The Bertz CT molecular complexity index is 124. The van der Waals surface area contributed by atoms with Crippen molar-refractivity contribution in [2.75, 3.05) is 0 Å². The predicted molar refractivity (Wildman–Crippen MR) is 42.9 cm³/mol. The maximum absolute atomic E-state index is 10.5. The van der Waals surface area contributed by atoms with Crippen LogP contribution in [0.1, 0.15) is 40.0 Å². The number of carboxylic acid groups (broad SMARTS) is 1. The smallest absolute Gasteiger partial charge is 0.550 e. The molecule has 0 bridgehead atoms. The van der Waals surface area contributed by atoms with Gasteiger partial charge in [0.15, 0.2) is 0 Å². The van der Waals surface area contributed by atoms with E-state index < -0.39 is 5.97 Å². The van der Waals surface area contributed by atoms with Crippen molar-refractivity contribution >= 4 is 5.97 Å². The molecule has 0 aliphatic rings. The molecule has 0 amide bonds. The fourth-order valence-corrected chi connectivity index (χ4v) is 1.25. The number of aliphatic carboxylic acids is 1. The van der Waals surface area contributed by atoms with E-state index >= 15 is 0 Å². The van der Waals surface area contributed by atoms with Crippen LogP contribution in [-0.2, 0) is 4.79 Å². The summed E-state index contributed by atoms with van der Waals surface area (Å²) in [7, 11) is 0. The van der Waals surface area contributed by atoms with Crippen LogP contribution in [0.4, 0.5) is 0 Å². The molecule has 0 N–H and O–H groups in total. The average Bonchev–Trinajstić information content (AvgIpc) is 1.86. The second-order valence-corrected chi connectivity index (χ2v) is 3.43. The molecule has 0 radical (unpaired) electrons. The van der Waals surface area contributed by atoms with Crippen LogP contribution >= 0.6 is 0 Å². The van der Waals surface area contributed by atoms with Crippen molar-refractivity contribution in [2.45, 2.75) is 40.0 Å². The summed E-state index contributed by atoms with van der Waals surface area (Å²) in [6.45, 7) is 6.06. The van der Waals surface area contributed by atoms with Crippen molar-refractivity contribution in [2.24, 2.45) is 11.8 Å². The number of carboxylic acids is 1. The molecule has 66 valence electrons. The Morgan fingerprint density at radius 1 is 1.42 bits per heavy atom. The third-order valence-corrected chi connectivity index (χ3v) is 1.73. The van der Waals surface area contributed by atoms with Crippen LogP contribution in [0.5, 0.6) is 0 Å². The maximum atomic E-state index is 10.5. The Morgan fingerprint density at radius 3 is 2.17 bits per heavy atom. The van der Waals surface area contributed by atoms with Gasteiger partial charge in [0, 0.05) is 5.97 Å². The van der Waals surface area contributed by atoms with Crippen molar-refractivity contribution in [3.05, 3.63) is 0 Å². The summed E-state index contributed by atoms with van der Waals surface area (Å²) in [6.07, 6.45) is 2.42. The zero-order chi connectivity index (χ0) is 8.85. The first kappa shape index (κ1) is 15.0. The Morgan fingerprint density at radius 2 is 1.92 bits per heavy atom. The Labute approximate surface area is 97.0 Å². The molecule has 0 aliphatic heterocycles. The second kappa shape index (κ2) is 8.09. The molecular formula is C9H17NaO2. The van der Waals surface area contributed by atoms with Gasteiger partial charge in [-0.25, -0.2) is 0 Å². The van der Waals surface area contributed by atoms with Crippen LogP contribution in [0.25, 0.3) is 0 Å². The first-order chi connectivity index (χ1) is 5.07. The van der Waals surface area contributed by atoms with Crippen LogP contribution in [0, 0.1) is 11.8 Å². The monoisotopic (exact) mass is 180 g/mol. The molecule has 0 aromatic rings. The van der Waals surface area contributed by atoms with Gasteiger partial charge < -0.3 is 9.90 Å². The van der Waals surface area contributed by atoms with Gasteiger partial charge in [-0.2, -0.15) is 0 Å². The molecule has 2 nitrogen and oxygen atoms in total. The number of carbonyl (C=O) groups excluding carboxylic acids is 1. The quantitative estimate of drug-likeness (QED) is 0.468. The molecule has 0 heterocycles. The molecule has 1 unspecified atom stereocenters. The molecule has 0 aromatic heterocycles. The SMILES string of the molecule is CCCC(CC(C)C)C(=O)[O-].[Na+]. The molecule has 1 atom stereocenters. The molecule has 0 fully saturated rings. The minimum absolute atomic E-state index is 0. The molecule has 0 spiro atoms. The van der Waals surface area contributed by atoms with Gasteiger partial charge >= 0.3 is 29.6 Å².